The van der Waals surface area contributed by atoms with Crippen LogP contribution in [0.15, 0.2) is 78.2 Å². The lowest BCUT2D eigenvalue weighted by molar-refractivity contribution is -0.124. The zero-order valence-electron chi connectivity index (χ0n) is 15.5. The monoisotopic (exact) mass is 405 g/mol. The Morgan fingerprint density at radius 1 is 0.931 bits per heavy atom. The number of para-hydroxylation sites is 2. The van der Waals surface area contributed by atoms with Crippen LogP contribution in [0.3, 0.4) is 0 Å². The third-order valence-corrected chi connectivity index (χ3v) is 5.54. The van der Waals surface area contributed by atoms with Crippen molar-refractivity contribution in [3.8, 4) is 0 Å². The van der Waals surface area contributed by atoms with Crippen LogP contribution in [-0.2, 0) is 16.1 Å². The molecule has 0 saturated carbocycles. The van der Waals surface area contributed by atoms with Gasteiger partial charge in [-0.3, -0.25) is 9.59 Å². The van der Waals surface area contributed by atoms with Crippen LogP contribution >= 0.6 is 11.3 Å². The number of imide groups is 1. The van der Waals surface area contributed by atoms with Gasteiger partial charge in [0.15, 0.2) is 0 Å². The number of thiophene rings is 1. The first-order chi connectivity index (χ1) is 14.1. The van der Waals surface area contributed by atoms with E-state index in [2.05, 4.69) is 5.32 Å². The first-order valence-corrected chi connectivity index (χ1v) is 10.1. The van der Waals surface area contributed by atoms with Crippen LogP contribution in [-0.4, -0.2) is 28.8 Å². The Morgan fingerprint density at radius 2 is 1.62 bits per heavy atom. The topological polar surface area (TPSA) is 69.7 Å². The lowest BCUT2D eigenvalue weighted by Gasteiger charge is -2.20. The van der Waals surface area contributed by atoms with E-state index in [4.69, 9.17) is 0 Å². The van der Waals surface area contributed by atoms with Gasteiger partial charge in [0.2, 0.25) is 5.91 Å². The molecule has 29 heavy (non-hydrogen) atoms. The summed E-state index contributed by atoms with van der Waals surface area (Å²) in [6, 6.07) is 20.4. The Balaban J connectivity index is 1.58. The van der Waals surface area contributed by atoms with Gasteiger partial charge in [-0.05, 0) is 35.7 Å². The van der Waals surface area contributed by atoms with Crippen molar-refractivity contribution in [2.45, 2.75) is 19.0 Å². The van der Waals surface area contributed by atoms with Gasteiger partial charge in [0.1, 0.15) is 6.04 Å². The number of nitrogens with one attached hydrogen (secondary N) is 1. The smallest absolute Gasteiger partial charge is 0.326 e. The number of anilines is 2. The second-order valence-electron chi connectivity index (χ2n) is 6.63. The molecule has 0 spiro atoms. The van der Waals surface area contributed by atoms with Gasteiger partial charge in [0.25, 0.3) is 5.91 Å². The molecule has 4 rings (SSSR count). The molecular formula is C22H19N3O3S. The van der Waals surface area contributed by atoms with Crippen molar-refractivity contribution in [1.82, 2.24) is 4.90 Å². The van der Waals surface area contributed by atoms with Gasteiger partial charge >= 0.3 is 6.03 Å². The second-order valence-corrected chi connectivity index (χ2v) is 7.67. The first kappa shape index (κ1) is 18.9. The summed E-state index contributed by atoms with van der Waals surface area (Å²) in [5.41, 5.74) is 1.16. The maximum atomic E-state index is 13.1. The highest BCUT2D eigenvalue weighted by Gasteiger charge is 2.46. The normalized spacial score (nSPS) is 16.3. The Bertz CT molecular complexity index is 1010. The fraction of sp³-hybridized carbons (Fsp3) is 0.136. The highest BCUT2D eigenvalue weighted by atomic mass is 32.1. The van der Waals surface area contributed by atoms with Gasteiger partial charge in [-0.2, -0.15) is 0 Å². The molecule has 1 atom stereocenters. The quantitative estimate of drug-likeness (QED) is 0.628. The van der Waals surface area contributed by atoms with E-state index in [-0.39, 0.29) is 24.8 Å². The second kappa shape index (κ2) is 8.28. The zero-order valence-corrected chi connectivity index (χ0v) is 16.3. The molecule has 146 valence electrons. The molecular weight excluding hydrogens is 386 g/mol. The van der Waals surface area contributed by atoms with Crippen LogP contribution in [0.5, 0.6) is 0 Å². The van der Waals surface area contributed by atoms with E-state index in [1.54, 1.807) is 36.4 Å². The summed E-state index contributed by atoms with van der Waals surface area (Å²) in [5.74, 6) is -0.700. The summed E-state index contributed by atoms with van der Waals surface area (Å²) < 4.78 is 0. The molecule has 3 aromatic rings. The minimum absolute atomic E-state index is 0.103. The third kappa shape index (κ3) is 4.05. The summed E-state index contributed by atoms with van der Waals surface area (Å²) in [4.78, 5) is 42.4. The largest absolute Gasteiger partial charge is 0.332 e. The van der Waals surface area contributed by atoms with E-state index in [1.165, 1.54) is 16.2 Å². The van der Waals surface area contributed by atoms with E-state index < -0.39 is 12.1 Å². The van der Waals surface area contributed by atoms with E-state index in [0.29, 0.717) is 11.4 Å². The summed E-state index contributed by atoms with van der Waals surface area (Å²) in [7, 11) is 0. The number of hydrogen-bond donors (Lipinski definition) is 1. The van der Waals surface area contributed by atoms with Crippen LogP contribution in [0, 0.1) is 0 Å². The Labute approximate surface area is 172 Å². The van der Waals surface area contributed by atoms with Gasteiger partial charge in [-0.25, -0.2) is 9.69 Å². The van der Waals surface area contributed by atoms with Crippen molar-refractivity contribution in [3.63, 3.8) is 0 Å². The minimum Gasteiger partial charge on any atom is -0.326 e. The summed E-state index contributed by atoms with van der Waals surface area (Å²) in [6.07, 6.45) is -0.103. The molecule has 0 aliphatic carbocycles. The Kier molecular flexibility index (Phi) is 5.39. The van der Waals surface area contributed by atoms with Gasteiger partial charge in [-0.15, -0.1) is 11.3 Å². The first-order valence-electron chi connectivity index (χ1n) is 9.20. The van der Waals surface area contributed by atoms with Gasteiger partial charge in [0, 0.05) is 10.6 Å². The Hall–Kier alpha value is -3.45. The van der Waals surface area contributed by atoms with E-state index in [0.717, 1.165) is 9.78 Å². The number of amides is 4. The van der Waals surface area contributed by atoms with Crippen molar-refractivity contribution >= 4 is 40.6 Å². The molecule has 1 N–H and O–H groups in total. The van der Waals surface area contributed by atoms with Gasteiger partial charge in [-0.1, -0.05) is 42.5 Å². The van der Waals surface area contributed by atoms with Crippen LogP contribution in [0.25, 0.3) is 0 Å². The number of urea groups is 1. The number of hydrogen-bond acceptors (Lipinski definition) is 4. The summed E-state index contributed by atoms with van der Waals surface area (Å²) in [6.45, 7) is 0.287. The maximum Gasteiger partial charge on any atom is 0.332 e. The van der Waals surface area contributed by atoms with Crippen molar-refractivity contribution < 1.29 is 14.4 Å². The average molecular weight is 405 g/mol. The third-order valence-electron chi connectivity index (χ3n) is 4.68. The maximum absolute atomic E-state index is 13.1. The van der Waals surface area contributed by atoms with Crippen molar-refractivity contribution in [2.75, 3.05) is 10.2 Å². The van der Waals surface area contributed by atoms with Gasteiger partial charge in [0.05, 0.1) is 18.7 Å². The zero-order chi connectivity index (χ0) is 20.2. The number of carbonyl (C=O) groups excluding carboxylic acids is 3. The average Bonchev–Trinajstić information content (AvgIpc) is 3.32. The van der Waals surface area contributed by atoms with E-state index in [9.17, 15) is 14.4 Å². The van der Waals surface area contributed by atoms with Crippen LogP contribution < -0.4 is 10.2 Å². The molecule has 1 aliphatic heterocycles. The predicted molar refractivity (Wildman–Crippen MR) is 113 cm³/mol. The number of nitrogens with zero attached hydrogens (tertiary/aromatic N) is 2. The van der Waals surface area contributed by atoms with Crippen molar-refractivity contribution in [2.24, 2.45) is 0 Å². The van der Waals surface area contributed by atoms with Crippen molar-refractivity contribution in [1.29, 1.82) is 0 Å². The molecule has 1 aromatic heterocycles. The molecule has 0 radical (unpaired) electrons. The fourth-order valence-electron chi connectivity index (χ4n) is 3.31. The molecule has 1 saturated heterocycles. The minimum atomic E-state index is -0.853. The number of rotatable bonds is 6. The molecule has 1 aliphatic rings. The SMILES string of the molecule is O=C(C[C@@H]1C(=O)N(c2ccccc2)C(=O)N1Cc1cccs1)Nc1ccccc1. The standard InChI is InChI=1S/C22H19N3O3S/c26-20(23-16-8-3-1-4-9-16)14-19-21(27)25(17-10-5-2-6-11-17)22(28)24(19)15-18-12-7-13-29-18/h1-13,19H,14-15H2,(H,23,26)/t19-/m1/s1. The Morgan fingerprint density at radius 3 is 2.28 bits per heavy atom. The lowest BCUT2D eigenvalue weighted by Crippen LogP contribution is -2.37. The highest BCUT2D eigenvalue weighted by molar-refractivity contribution is 7.09. The van der Waals surface area contributed by atoms with Crippen LogP contribution in [0.4, 0.5) is 16.2 Å². The molecule has 0 unspecified atom stereocenters. The van der Waals surface area contributed by atoms with Crippen molar-refractivity contribution in [3.05, 3.63) is 83.1 Å². The molecule has 2 heterocycles. The molecule has 2 aromatic carbocycles. The van der Waals surface area contributed by atoms with E-state index >= 15 is 0 Å². The number of carbonyl (C=O) groups is 3. The highest BCUT2D eigenvalue weighted by Crippen LogP contribution is 2.29. The molecule has 1 fully saturated rings. The molecule has 7 heteroatoms. The molecule has 4 amide bonds. The number of benzene rings is 2. The lowest BCUT2D eigenvalue weighted by atomic mass is 10.1. The summed E-state index contributed by atoms with van der Waals surface area (Å²) in [5, 5.41) is 4.71. The summed E-state index contributed by atoms with van der Waals surface area (Å²) >= 11 is 1.51. The van der Waals surface area contributed by atoms with E-state index in [1.807, 2.05) is 41.8 Å². The van der Waals surface area contributed by atoms with Gasteiger partial charge < -0.3 is 10.2 Å². The molecule has 6 nitrogen and oxygen atoms in total. The molecule has 0 bridgehead atoms. The predicted octanol–water partition coefficient (Wildman–Crippen LogP) is 4.11. The van der Waals surface area contributed by atoms with Crippen LogP contribution in [0.1, 0.15) is 11.3 Å². The fourth-order valence-corrected chi connectivity index (χ4v) is 4.01. The van der Waals surface area contributed by atoms with Crippen LogP contribution in [0.2, 0.25) is 0 Å².